The first-order valence-corrected chi connectivity index (χ1v) is 11.2. The molecule has 24 heavy (non-hydrogen) atoms. The Morgan fingerprint density at radius 2 is 1.92 bits per heavy atom. The molecule has 0 spiro atoms. The fourth-order valence-electron chi connectivity index (χ4n) is 2.32. The molecule has 1 aliphatic rings. The van der Waals surface area contributed by atoms with E-state index in [2.05, 4.69) is 33.9 Å². The largest absolute Gasteiger partial charge is 0.447 e. The Bertz CT molecular complexity index is 595. The molecule has 1 unspecified atom stereocenters. The lowest BCUT2D eigenvalue weighted by atomic mass is 10.1. The zero-order valence-corrected chi connectivity index (χ0v) is 16.2. The minimum Gasteiger partial charge on any atom is -0.447 e. The molecule has 2 rings (SSSR count). The van der Waals surface area contributed by atoms with E-state index in [1.165, 1.54) is 4.90 Å². The highest BCUT2D eigenvalue weighted by atomic mass is 28.4. The number of amides is 2. The third-order valence-electron chi connectivity index (χ3n) is 4.84. The van der Waals surface area contributed by atoms with Crippen LogP contribution in [0.1, 0.15) is 38.9 Å². The number of cyclic esters (lactones) is 1. The maximum atomic E-state index is 12.5. The van der Waals surface area contributed by atoms with Gasteiger partial charge in [-0.1, -0.05) is 51.1 Å². The van der Waals surface area contributed by atoms with Gasteiger partial charge in [-0.3, -0.25) is 4.79 Å². The molecule has 0 saturated carbocycles. The first-order valence-electron chi connectivity index (χ1n) is 8.32. The third kappa shape index (κ3) is 4.24. The number of nitrogens with zero attached hydrogens (tertiary/aromatic N) is 1. The molecule has 0 bridgehead atoms. The lowest BCUT2D eigenvalue weighted by Gasteiger charge is -2.39. The minimum absolute atomic E-state index is 0.0374. The van der Waals surface area contributed by atoms with Crippen molar-refractivity contribution in [2.24, 2.45) is 0 Å². The van der Waals surface area contributed by atoms with Gasteiger partial charge in [0.05, 0.1) is 19.1 Å². The van der Waals surface area contributed by atoms with Gasteiger partial charge in [0.1, 0.15) is 6.61 Å². The Labute approximate surface area is 145 Å². The molecule has 1 aromatic carbocycles. The Hall–Kier alpha value is -1.66. The second kappa shape index (κ2) is 7.07. The summed E-state index contributed by atoms with van der Waals surface area (Å²) in [6.07, 6.45) is -0.766. The van der Waals surface area contributed by atoms with Crippen molar-refractivity contribution in [2.45, 2.75) is 51.4 Å². The number of imide groups is 1. The van der Waals surface area contributed by atoms with Crippen LogP contribution in [0.2, 0.25) is 18.1 Å². The van der Waals surface area contributed by atoms with Gasteiger partial charge in [0.15, 0.2) is 8.32 Å². The molecule has 0 N–H and O–H groups in total. The van der Waals surface area contributed by atoms with E-state index in [9.17, 15) is 9.59 Å². The minimum atomic E-state index is -2.06. The summed E-state index contributed by atoms with van der Waals surface area (Å²) in [5.74, 6) is -0.245. The predicted molar refractivity (Wildman–Crippen MR) is 95.1 cm³/mol. The van der Waals surface area contributed by atoms with Crippen molar-refractivity contribution in [3.8, 4) is 0 Å². The van der Waals surface area contributed by atoms with Crippen LogP contribution in [0, 0.1) is 0 Å². The molecule has 6 heteroatoms. The Kier molecular flexibility index (Phi) is 5.50. The van der Waals surface area contributed by atoms with Crippen LogP contribution in [0.3, 0.4) is 0 Å². The highest BCUT2D eigenvalue weighted by molar-refractivity contribution is 6.74. The molecule has 1 fully saturated rings. The predicted octanol–water partition coefficient (Wildman–Crippen LogP) is 4.12. The fourth-order valence-corrected chi connectivity index (χ4v) is 3.60. The summed E-state index contributed by atoms with van der Waals surface area (Å²) >= 11 is 0. The Balaban J connectivity index is 2.21. The van der Waals surface area contributed by atoms with Crippen LogP contribution < -0.4 is 0 Å². The van der Waals surface area contributed by atoms with Gasteiger partial charge < -0.3 is 9.16 Å². The number of carbonyl (C=O) groups is 2. The number of benzene rings is 1. The van der Waals surface area contributed by atoms with Crippen LogP contribution in [-0.4, -0.2) is 38.4 Å². The number of carbonyl (C=O) groups excluding carboxylic acids is 2. The first-order chi connectivity index (χ1) is 11.1. The molecular formula is C18H27NO4Si. The van der Waals surface area contributed by atoms with Crippen molar-refractivity contribution in [3.05, 3.63) is 35.9 Å². The normalized spacial score (nSPS) is 16.9. The SMILES string of the molecule is CC(C)(C)[Si](C)(C)OC(CC(=O)N1CCOC1=O)c1ccccc1. The average molecular weight is 350 g/mol. The monoisotopic (exact) mass is 349 g/mol. The quantitative estimate of drug-likeness (QED) is 0.750. The van der Waals surface area contributed by atoms with Gasteiger partial charge in [0, 0.05) is 0 Å². The van der Waals surface area contributed by atoms with Gasteiger partial charge in [-0.25, -0.2) is 9.69 Å². The van der Waals surface area contributed by atoms with Crippen LogP contribution >= 0.6 is 0 Å². The average Bonchev–Trinajstić information content (AvgIpc) is 2.92. The lowest BCUT2D eigenvalue weighted by Crippen LogP contribution is -2.43. The van der Waals surface area contributed by atoms with Crippen molar-refractivity contribution >= 4 is 20.3 Å². The molecule has 0 aliphatic carbocycles. The maximum absolute atomic E-state index is 12.5. The molecule has 2 amide bonds. The van der Waals surface area contributed by atoms with E-state index in [1.807, 2.05) is 30.3 Å². The summed E-state index contributed by atoms with van der Waals surface area (Å²) in [6.45, 7) is 11.4. The van der Waals surface area contributed by atoms with Crippen molar-refractivity contribution in [2.75, 3.05) is 13.2 Å². The second-order valence-corrected chi connectivity index (χ2v) is 12.4. The van der Waals surface area contributed by atoms with Crippen LogP contribution in [0.25, 0.3) is 0 Å². The van der Waals surface area contributed by atoms with Crippen LogP contribution in [-0.2, 0) is 14.0 Å². The molecular weight excluding hydrogens is 322 g/mol. The topological polar surface area (TPSA) is 55.8 Å². The smallest absolute Gasteiger partial charge is 0.416 e. The van der Waals surface area contributed by atoms with E-state index in [1.54, 1.807) is 0 Å². The third-order valence-corrected chi connectivity index (χ3v) is 9.32. The molecule has 1 atom stereocenters. The number of rotatable bonds is 5. The highest BCUT2D eigenvalue weighted by Crippen LogP contribution is 2.40. The summed E-state index contributed by atoms with van der Waals surface area (Å²) in [4.78, 5) is 25.3. The van der Waals surface area contributed by atoms with E-state index in [0.717, 1.165) is 5.56 Å². The molecule has 5 nitrogen and oxygen atoms in total. The summed E-state index contributed by atoms with van der Waals surface area (Å²) in [5.41, 5.74) is 0.961. The van der Waals surface area contributed by atoms with E-state index in [4.69, 9.17) is 9.16 Å². The van der Waals surface area contributed by atoms with Crippen LogP contribution in [0.5, 0.6) is 0 Å². The highest BCUT2D eigenvalue weighted by Gasteiger charge is 2.40. The summed E-state index contributed by atoms with van der Waals surface area (Å²) in [7, 11) is -2.06. The van der Waals surface area contributed by atoms with Gasteiger partial charge in [0.25, 0.3) is 0 Å². The molecule has 1 heterocycles. The van der Waals surface area contributed by atoms with Gasteiger partial charge in [0.2, 0.25) is 5.91 Å². The zero-order valence-electron chi connectivity index (χ0n) is 15.2. The van der Waals surface area contributed by atoms with E-state index >= 15 is 0 Å². The molecule has 1 saturated heterocycles. The molecule has 0 radical (unpaired) electrons. The summed E-state index contributed by atoms with van der Waals surface area (Å²) in [6, 6.07) is 9.74. The molecule has 1 aromatic rings. The number of hydrogen-bond acceptors (Lipinski definition) is 4. The summed E-state index contributed by atoms with van der Waals surface area (Å²) < 4.78 is 11.4. The van der Waals surface area contributed by atoms with Gasteiger partial charge >= 0.3 is 6.09 Å². The number of ether oxygens (including phenoxy) is 1. The molecule has 132 valence electrons. The summed E-state index contributed by atoms with van der Waals surface area (Å²) in [5, 5.41) is 0.0374. The molecule has 1 aliphatic heterocycles. The van der Waals surface area contributed by atoms with Gasteiger partial charge in [-0.2, -0.15) is 0 Å². The zero-order chi connectivity index (χ0) is 18.0. The van der Waals surface area contributed by atoms with Gasteiger partial charge in [-0.15, -0.1) is 0 Å². The fraction of sp³-hybridized carbons (Fsp3) is 0.556. The van der Waals surface area contributed by atoms with E-state index < -0.39 is 14.4 Å². The van der Waals surface area contributed by atoms with Crippen molar-refractivity contribution < 1.29 is 18.8 Å². The Morgan fingerprint density at radius 3 is 2.42 bits per heavy atom. The lowest BCUT2D eigenvalue weighted by molar-refractivity contribution is -0.129. The standard InChI is InChI=1S/C18H27NO4Si/c1-18(2,3)24(4,5)23-15(14-9-7-6-8-10-14)13-16(20)19-11-12-22-17(19)21/h6-10,15H,11-13H2,1-5H3. The van der Waals surface area contributed by atoms with Crippen LogP contribution in [0.15, 0.2) is 30.3 Å². The van der Waals surface area contributed by atoms with Gasteiger partial charge in [-0.05, 0) is 23.7 Å². The molecule has 0 aromatic heterocycles. The Morgan fingerprint density at radius 1 is 1.29 bits per heavy atom. The maximum Gasteiger partial charge on any atom is 0.416 e. The van der Waals surface area contributed by atoms with E-state index in [0.29, 0.717) is 6.54 Å². The number of hydrogen-bond donors (Lipinski definition) is 0. The van der Waals surface area contributed by atoms with Crippen LogP contribution in [0.4, 0.5) is 4.79 Å². The second-order valence-electron chi connectivity index (χ2n) is 7.64. The van der Waals surface area contributed by atoms with Crippen molar-refractivity contribution in [1.29, 1.82) is 0 Å². The van der Waals surface area contributed by atoms with E-state index in [-0.39, 0.29) is 30.1 Å². The van der Waals surface area contributed by atoms with Crippen molar-refractivity contribution in [1.82, 2.24) is 4.90 Å². The van der Waals surface area contributed by atoms with Crippen molar-refractivity contribution in [3.63, 3.8) is 0 Å². The first kappa shape index (κ1) is 18.7.